The van der Waals surface area contributed by atoms with Gasteiger partial charge in [0, 0.05) is 54.2 Å². The van der Waals surface area contributed by atoms with Crippen molar-refractivity contribution in [1.29, 1.82) is 0 Å². The van der Waals surface area contributed by atoms with Crippen LogP contribution < -0.4 is 0 Å². The standard InChI is InChI=1S/C15H16BrN3O4S2/c16-14-4-9-24-15(14)11-17-5-7-18(8-6-17)25(22,23)13-3-1-2-12(10-13)19(20)21/h1-4,9-10H,5-8,11H2. The molecule has 0 unspecified atom stereocenters. The highest BCUT2D eigenvalue weighted by molar-refractivity contribution is 9.10. The summed E-state index contributed by atoms with van der Waals surface area (Å²) in [6, 6.07) is 7.20. The van der Waals surface area contributed by atoms with Crippen LogP contribution in [0.3, 0.4) is 0 Å². The van der Waals surface area contributed by atoms with E-state index in [4.69, 9.17) is 0 Å². The molecule has 7 nitrogen and oxygen atoms in total. The van der Waals surface area contributed by atoms with Gasteiger partial charge in [-0.15, -0.1) is 11.3 Å². The van der Waals surface area contributed by atoms with Gasteiger partial charge < -0.3 is 0 Å². The third-order valence-electron chi connectivity index (χ3n) is 4.06. The minimum atomic E-state index is -3.72. The molecule has 0 spiro atoms. The van der Waals surface area contributed by atoms with Gasteiger partial charge >= 0.3 is 0 Å². The van der Waals surface area contributed by atoms with E-state index >= 15 is 0 Å². The van der Waals surface area contributed by atoms with Crippen molar-refractivity contribution in [2.75, 3.05) is 26.2 Å². The minimum Gasteiger partial charge on any atom is -0.296 e. The van der Waals surface area contributed by atoms with Crippen LogP contribution in [0.5, 0.6) is 0 Å². The number of halogens is 1. The summed E-state index contributed by atoms with van der Waals surface area (Å²) in [4.78, 5) is 13.7. The Labute approximate surface area is 158 Å². The van der Waals surface area contributed by atoms with Crippen molar-refractivity contribution in [3.05, 3.63) is 55.2 Å². The normalized spacial score (nSPS) is 16.8. The molecule has 1 aromatic heterocycles. The second-order valence-corrected chi connectivity index (χ2v) is 9.42. The lowest BCUT2D eigenvalue weighted by atomic mass is 10.3. The Bertz CT molecular complexity index is 876. The number of rotatable bonds is 5. The lowest BCUT2D eigenvalue weighted by Crippen LogP contribution is -2.48. The molecule has 1 saturated heterocycles. The van der Waals surface area contributed by atoms with Crippen LogP contribution in [0.2, 0.25) is 0 Å². The molecule has 1 fully saturated rings. The molecule has 2 aromatic rings. The number of nitrogens with zero attached hydrogens (tertiary/aromatic N) is 3. The Morgan fingerprint density at radius 3 is 2.52 bits per heavy atom. The third kappa shape index (κ3) is 4.09. The quantitative estimate of drug-likeness (QED) is 0.521. The number of nitro groups is 1. The van der Waals surface area contributed by atoms with Crippen molar-refractivity contribution in [2.24, 2.45) is 0 Å². The van der Waals surface area contributed by atoms with Crippen molar-refractivity contribution in [2.45, 2.75) is 11.4 Å². The number of sulfonamides is 1. The Hall–Kier alpha value is -1.33. The van der Waals surface area contributed by atoms with Crippen molar-refractivity contribution >= 4 is 43.0 Å². The number of non-ortho nitro benzene ring substituents is 1. The minimum absolute atomic E-state index is 0.0313. The van der Waals surface area contributed by atoms with Gasteiger partial charge in [0.1, 0.15) is 0 Å². The van der Waals surface area contributed by atoms with Gasteiger partial charge in [-0.2, -0.15) is 4.31 Å². The fourth-order valence-electron chi connectivity index (χ4n) is 2.68. The first-order valence-electron chi connectivity index (χ1n) is 7.57. The van der Waals surface area contributed by atoms with Gasteiger partial charge in [0.2, 0.25) is 10.0 Å². The average molecular weight is 446 g/mol. The Morgan fingerprint density at radius 2 is 1.92 bits per heavy atom. The van der Waals surface area contributed by atoms with E-state index in [0.29, 0.717) is 26.2 Å². The van der Waals surface area contributed by atoms with E-state index in [9.17, 15) is 18.5 Å². The molecular weight excluding hydrogens is 430 g/mol. The molecule has 0 saturated carbocycles. The van der Waals surface area contributed by atoms with Gasteiger partial charge in [0.05, 0.1) is 9.82 Å². The van der Waals surface area contributed by atoms with Gasteiger partial charge in [-0.25, -0.2) is 8.42 Å². The van der Waals surface area contributed by atoms with Gasteiger partial charge in [-0.05, 0) is 33.4 Å². The van der Waals surface area contributed by atoms with Crippen LogP contribution in [-0.2, 0) is 16.6 Å². The van der Waals surface area contributed by atoms with Crippen molar-refractivity contribution in [1.82, 2.24) is 9.21 Å². The molecule has 10 heteroatoms. The summed E-state index contributed by atoms with van der Waals surface area (Å²) < 4.78 is 27.9. The van der Waals surface area contributed by atoms with Crippen LogP contribution in [-0.4, -0.2) is 48.7 Å². The topological polar surface area (TPSA) is 83.8 Å². The fraction of sp³-hybridized carbons (Fsp3) is 0.333. The first-order valence-corrected chi connectivity index (χ1v) is 10.7. The summed E-state index contributed by atoms with van der Waals surface area (Å²) in [6.07, 6.45) is 0. The molecule has 3 rings (SSSR count). The second kappa shape index (κ2) is 7.50. The largest absolute Gasteiger partial charge is 0.296 e. The maximum absolute atomic E-state index is 12.7. The Kier molecular flexibility index (Phi) is 5.54. The molecule has 0 amide bonds. The second-order valence-electron chi connectivity index (χ2n) is 5.63. The van der Waals surface area contributed by atoms with Crippen molar-refractivity contribution in [3.8, 4) is 0 Å². The molecule has 0 aliphatic carbocycles. The van der Waals surface area contributed by atoms with E-state index < -0.39 is 14.9 Å². The van der Waals surface area contributed by atoms with Crippen LogP contribution in [0, 0.1) is 10.1 Å². The van der Waals surface area contributed by atoms with E-state index in [0.717, 1.165) is 17.1 Å². The highest BCUT2D eigenvalue weighted by atomic mass is 79.9. The van der Waals surface area contributed by atoms with Crippen LogP contribution in [0.25, 0.3) is 0 Å². The van der Waals surface area contributed by atoms with Crippen LogP contribution in [0.15, 0.2) is 45.1 Å². The maximum Gasteiger partial charge on any atom is 0.270 e. The molecule has 1 aromatic carbocycles. The highest BCUT2D eigenvalue weighted by Gasteiger charge is 2.29. The lowest BCUT2D eigenvalue weighted by molar-refractivity contribution is -0.385. The number of thiophene rings is 1. The average Bonchev–Trinajstić information content (AvgIpc) is 3.00. The molecule has 25 heavy (non-hydrogen) atoms. The summed E-state index contributed by atoms with van der Waals surface area (Å²) in [5.74, 6) is 0. The van der Waals surface area contributed by atoms with Gasteiger partial charge in [0.15, 0.2) is 0 Å². The lowest BCUT2D eigenvalue weighted by Gasteiger charge is -2.33. The maximum atomic E-state index is 12.7. The van der Waals surface area contributed by atoms with Crippen LogP contribution in [0.1, 0.15) is 4.88 Å². The zero-order chi connectivity index (χ0) is 18.0. The van der Waals surface area contributed by atoms with E-state index in [-0.39, 0.29) is 10.6 Å². The zero-order valence-corrected chi connectivity index (χ0v) is 16.4. The predicted molar refractivity (Wildman–Crippen MR) is 99.2 cm³/mol. The van der Waals surface area contributed by atoms with Crippen LogP contribution >= 0.6 is 27.3 Å². The summed E-state index contributed by atoms with van der Waals surface area (Å²) in [5, 5.41) is 12.9. The summed E-state index contributed by atoms with van der Waals surface area (Å²) in [7, 11) is -3.72. The fourth-order valence-corrected chi connectivity index (χ4v) is 5.66. The van der Waals surface area contributed by atoms with Crippen molar-refractivity contribution < 1.29 is 13.3 Å². The number of hydrogen-bond acceptors (Lipinski definition) is 6. The number of benzene rings is 1. The molecular formula is C15H16BrN3O4S2. The first-order chi connectivity index (χ1) is 11.9. The third-order valence-corrected chi connectivity index (χ3v) is 7.86. The summed E-state index contributed by atoms with van der Waals surface area (Å²) >= 11 is 5.17. The van der Waals surface area contributed by atoms with E-state index in [1.807, 2.05) is 11.4 Å². The number of nitro benzene ring substituents is 1. The molecule has 1 aliphatic rings. The molecule has 1 aliphatic heterocycles. The van der Waals surface area contributed by atoms with Gasteiger partial charge in [-0.3, -0.25) is 15.0 Å². The number of piperazine rings is 1. The summed E-state index contributed by atoms with van der Waals surface area (Å²) in [5.41, 5.74) is -0.220. The number of hydrogen-bond donors (Lipinski definition) is 0. The zero-order valence-electron chi connectivity index (χ0n) is 13.2. The first kappa shape index (κ1) is 18.5. The summed E-state index contributed by atoms with van der Waals surface area (Å²) in [6.45, 7) is 2.77. The molecule has 134 valence electrons. The molecule has 2 heterocycles. The predicted octanol–water partition coefficient (Wildman–Crippen LogP) is 2.93. The molecule has 0 atom stereocenters. The van der Waals surface area contributed by atoms with E-state index in [1.165, 1.54) is 27.4 Å². The van der Waals surface area contributed by atoms with Gasteiger partial charge in [0.25, 0.3) is 5.69 Å². The Morgan fingerprint density at radius 1 is 1.20 bits per heavy atom. The van der Waals surface area contributed by atoms with Crippen molar-refractivity contribution in [3.63, 3.8) is 0 Å². The molecule has 0 radical (unpaired) electrons. The van der Waals surface area contributed by atoms with E-state index in [1.54, 1.807) is 11.3 Å². The smallest absolute Gasteiger partial charge is 0.270 e. The van der Waals surface area contributed by atoms with Gasteiger partial charge in [-0.1, -0.05) is 6.07 Å². The molecule has 0 N–H and O–H groups in total. The SMILES string of the molecule is O=[N+]([O-])c1cccc(S(=O)(=O)N2CCN(Cc3sccc3Br)CC2)c1. The Balaban J connectivity index is 1.68. The molecule has 0 bridgehead atoms. The highest BCUT2D eigenvalue weighted by Crippen LogP contribution is 2.26. The monoisotopic (exact) mass is 445 g/mol. The van der Waals surface area contributed by atoms with Crippen LogP contribution in [0.4, 0.5) is 5.69 Å². The van der Waals surface area contributed by atoms with E-state index in [2.05, 4.69) is 20.8 Å².